The van der Waals surface area contributed by atoms with Crippen molar-refractivity contribution in [1.82, 2.24) is 5.32 Å². The lowest BCUT2D eigenvalue weighted by molar-refractivity contribution is -0.139. The van der Waals surface area contributed by atoms with Gasteiger partial charge in [-0.25, -0.2) is 4.79 Å². The lowest BCUT2D eigenvalue weighted by atomic mass is 10.1. The number of carbonyl (C=O) groups excluding carboxylic acids is 1. The zero-order valence-corrected chi connectivity index (χ0v) is 13.3. The van der Waals surface area contributed by atoms with E-state index in [9.17, 15) is 9.59 Å². The number of hydrogen-bond acceptors (Lipinski definition) is 2. The van der Waals surface area contributed by atoms with Crippen molar-refractivity contribution >= 4 is 57.7 Å². The minimum absolute atomic E-state index is 0.0220. The fraction of sp³-hybridized carbons (Fsp3) is 0.333. The molecule has 1 saturated carbocycles. The van der Waals surface area contributed by atoms with E-state index in [1.165, 1.54) is 12.1 Å². The number of benzene rings is 1. The zero-order chi connectivity index (χ0) is 14.2. The highest BCUT2D eigenvalue weighted by atomic mass is 127. The van der Waals surface area contributed by atoms with Gasteiger partial charge in [-0.2, -0.15) is 0 Å². The van der Waals surface area contributed by atoms with Gasteiger partial charge in [0.15, 0.2) is 0 Å². The van der Waals surface area contributed by atoms with Crippen LogP contribution in [0.25, 0.3) is 0 Å². The first-order valence-corrected chi connectivity index (χ1v) is 7.42. The summed E-state index contributed by atoms with van der Waals surface area (Å²) in [7, 11) is 0. The molecule has 4 nitrogen and oxygen atoms in total. The van der Waals surface area contributed by atoms with E-state index in [1.54, 1.807) is 0 Å². The van der Waals surface area contributed by atoms with Gasteiger partial charge in [-0.15, -0.1) is 0 Å². The molecule has 0 spiro atoms. The first-order valence-electron chi connectivity index (χ1n) is 5.58. The zero-order valence-electron chi connectivity index (χ0n) is 9.62. The number of carboxylic acids is 1. The molecule has 1 atom stereocenters. The van der Waals surface area contributed by atoms with Crippen molar-refractivity contribution in [3.05, 3.63) is 31.3 Å². The van der Waals surface area contributed by atoms with Gasteiger partial charge in [0, 0.05) is 8.59 Å². The normalized spacial score (nSPS) is 15.9. The Hall–Kier alpha value is -0.530. The molecule has 1 unspecified atom stereocenters. The van der Waals surface area contributed by atoms with Gasteiger partial charge >= 0.3 is 5.97 Å². The fourth-order valence-corrected chi connectivity index (χ4v) is 2.80. The van der Waals surface area contributed by atoms with Crippen LogP contribution in [0.5, 0.6) is 0 Å². The van der Waals surface area contributed by atoms with Crippen molar-refractivity contribution in [2.75, 3.05) is 0 Å². The maximum Gasteiger partial charge on any atom is 0.326 e. The van der Waals surface area contributed by atoms with Crippen LogP contribution in [0.3, 0.4) is 0 Å². The molecule has 0 bridgehead atoms. The molecule has 1 aromatic rings. The SMILES string of the molecule is O=C(NC(C(=O)O)C1CC1)c1cc(Cl)cc(Cl)c1I. The fourth-order valence-electron chi connectivity index (χ4n) is 1.75. The van der Waals surface area contributed by atoms with Gasteiger partial charge in [-0.1, -0.05) is 23.2 Å². The highest BCUT2D eigenvalue weighted by molar-refractivity contribution is 14.1. The molecule has 0 heterocycles. The molecule has 1 aromatic carbocycles. The number of aliphatic carboxylic acids is 1. The Morgan fingerprint density at radius 3 is 2.53 bits per heavy atom. The number of nitrogens with one attached hydrogen (secondary N) is 1. The Morgan fingerprint density at radius 2 is 2.00 bits per heavy atom. The van der Waals surface area contributed by atoms with Crippen LogP contribution < -0.4 is 5.32 Å². The minimum Gasteiger partial charge on any atom is -0.480 e. The predicted molar refractivity (Wildman–Crippen MR) is 80.8 cm³/mol. The lowest BCUT2D eigenvalue weighted by Gasteiger charge is -2.14. The van der Waals surface area contributed by atoms with Gasteiger partial charge in [0.05, 0.1) is 10.6 Å². The molecule has 2 rings (SSSR count). The first-order chi connectivity index (χ1) is 8.90. The van der Waals surface area contributed by atoms with Crippen molar-refractivity contribution in [3.63, 3.8) is 0 Å². The monoisotopic (exact) mass is 413 g/mol. The maximum absolute atomic E-state index is 12.1. The largest absolute Gasteiger partial charge is 0.480 e. The molecular formula is C12H10Cl2INO3. The van der Waals surface area contributed by atoms with E-state index in [1.807, 2.05) is 22.6 Å². The summed E-state index contributed by atoms with van der Waals surface area (Å²) in [5.74, 6) is -1.46. The van der Waals surface area contributed by atoms with Crippen LogP contribution in [0, 0.1) is 9.49 Å². The molecule has 0 saturated heterocycles. The number of carboxylic acid groups (broad SMARTS) is 1. The first kappa shape index (κ1) is 14.9. The Balaban J connectivity index is 2.22. The average molecular weight is 414 g/mol. The average Bonchev–Trinajstić information content (AvgIpc) is 3.14. The van der Waals surface area contributed by atoms with E-state index in [0.717, 1.165) is 12.8 Å². The predicted octanol–water partition coefficient (Wildman–Crippen LogP) is 3.19. The second kappa shape index (κ2) is 5.85. The van der Waals surface area contributed by atoms with Crippen LogP contribution in [-0.4, -0.2) is 23.0 Å². The Morgan fingerprint density at radius 1 is 1.37 bits per heavy atom. The number of rotatable bonds is 4. The smallest absolute Gasteiger partial charge is 0.326 e. The van der Waals surface area contributed by atoms with E-state index < -0.39 is 17.9 Å². The summed E-state index contributed by atoms with van der Waals surface area (Å²) >= 11 is 13.7. The van der Waals surface area contributed by atoms with Gasteiger partial charge < -0.3 is 10.4 Å². The van der Waals surface area contributed by atoms with Crippen LogP contribution in [-0.2, 0) is 4.79 Å². The van der Waals surface area contributed by atoms with Gasteiger partial charge in [0.2, 0.25) is 0 Å². The van der Waals surface area contributed by atoms with Crippen LogP contribution in [0.1, 0.15) is 23.2 Å². The minimum atomic E-state index is -1.01. The van der Waals surface area contributed by atoms with Crippen LogP contribution in [0.15, 0.2) is 12.1 Å². The van der Waals surface area contributed by atoms with Gasteiger partial charge in [0.25, 0.3) is 5.91 Å². The van der Waals surface area contributed by atoms with E-state index in [2.05, 4.69) is 5.32 Å². The second-order valence-electron chi connectivity index (χ2n) is 4.38. The van der Waals surface area contributed by atoms with Crippen LogP contribution >= 0.6 is 45.8 Å². The van der Waals surface area contributed by atoms with Gasteiger partial charge in [-0.05, 0) is 53.5 Å². The summed E-state index contributed by atoms with van der Waals surface area (Å²) in [5, 5.41) is 12.3. The maximum atomic E-state index is 12.1. The second-order valence-corrected chi connectivity index (χ2v) is 6.30. The number of amides is 1. The Kier molecular flexibility index (Phi) is 4.58. The summed E-state index contributed by atoms with van der Waals surface area (Å²) in [4.78, 5) is 23.2. The summed E-state index contributed by atoms with van der Waals surface area (Å²) in [6.45, 7) is 0. The molecule has 1 fully saturated rings. The van der Waals surface area contributed by atoms with Crippen molar-refractivity contribution in [2.45, 2.75) is 18.9 Å². The molecule has 7 heteroatoms. The van der Waals surface area contributed by atoms with E-state index >= 15 is 0 Å². The van der Waals surface area contributed by atoms with E-state index in [4.69, 9.17) is 28.3 Å². The Bertz CT molecular complexity index is 546. The number of halogens is 3. The van der Waals surface area contributed by atoms with Crippen molar-refractivity contribution in [3.8, 4) is 0 Å². The van der Waals surface area contributed by atoms with Crippen molar-refractivity contribution in [2.24, 2.45) is 5.92 Å². The molecule has 0 aliphatic heterocycles. The molecular weight excluding hydrogens is 404 g/mol. The summed E-state index contributed by atoms with van der Waals surface area (Å²) in [6, 6.07) is 2.18. The third-order valence-electron chi connectivity index (χ3n) is 2.88. The summed E-state index contributed by atoms with van der Waals surface area (Å²) in [5.41, 5.74) is 0.296. The molecule has 1 aliphatic rings. The van der Waals surface area contributed by atoms with E-state index in [-0.39, 0.29) is 5.92 Å². The van der Waals surface area contributed by atoms with E-state index in [0.29, 0.717) is 19.2 Å². The quantitative estimate of drug-likeness (QED) is 0.588. The highest BCUT2D eigenvalue weighted by Gasteiger charge is 2.37. The third kappa shape index (κ3) is 3.52. The summed E-state index contributed by atoms with van der Waals surface area (Å²) in [6.07, 6.45) is 1.65. The molecule has 0 radical (unpaired) electrons. The van der Waals surface area contributed by atoms with Crippen molar-refractivity contribution in [1.29, 1.82) is 0 Å². The molecule has 1 amide bonds. The third-order valence-corrected chi connectivity index (χ3v) is 4.88. The lowest BCUT2D eigenvalue weighted by Crippen LogP contribution is -2.42. The molecule has 19 heavy (non-hydrogen) atoms. The van der Waals surface area contributed by atoms with Gasteiger partial charge in [0.1, 0.15) is 6.04 Å². The topological polar surface area (TPSA) is 66.4 Å². The highest BCUT2D eigenvalue weighted by Crippen LogP contribution is 2.33. The Labute approximate surface area is 133 Å². The van der Waals surface area contributed by atoms with Crippen LogP contribution in [0.4, 0.5) is 0 Å². The van der Waals surface area contributed by atoms with Crippen LogP contribution in [0.2, 0.25) is 10.0 Å². The summed E-state index contributed by atoms with van der Waals surface area (Å²) < 4.78 is 0.557. The number of hydrogen-bond donors (Lipinski definition) is 2. The van der Waals surface area contributed by atoms with Crippen molar-refractivity contribution < 1.29 is 14.7 Å². The molecule has 0 aromatic heterocycles. The molecule has 102 valence electrons. The van der Waals surface area contributed by atoms with Gasteiger partial charge in [-0.3, -0.25) is 4.79 Å². The number of carbonyl (C=O) groups is 2. The molecule has 2 N–H and O–H groups in total. The molecule has 1 aliphatic carbocycles. The standard InChI is InChI=1S/C12H10Cl2INO3/c13-6-3-7(9(15)8(14)4-6)11(17)16-10(12(18)19)5-1-2-5/h3-5,10H,1-2H2,(H,16,17)(H,18,19).